The Morgan fingerprint density at radius 2 is 1.62 bits per heavy atom. The third-order valence-corrected chi connectivity index (χ3v) is 5.11. The summed E-state index contributed by atoms with van der Waals surface area (Å²) in [6, 6.07) is 13.4. The number of anilines is 3. The second kappa shape index (κ2) is 8.58. The van der Waals surface area contributed by atoms with Gasteiger partial charge in [0.2, 0.25) is 5.95 Å². The molecule has 3 rings (SSSR count). The Morgan fingerprint density at radius 1 is 0.966 bits per heavy atom. The van der Waals surface area contributed by atoms with Crippen LogP contribution in [0.2, 0.25) is 0 Å². The zero-order valence-corrected chi connectivity index (χ0v) is 16.3. The minimum absolute atomic E-state index is 0.00748. The SMILES string of the molecule is O=[N+]([O-])c1ccccc1NC(=S)Nc1ccc(S(=O)(=O)Nc2ncccn2)cc1. The Kier molecular flexibility index (Phi) is 5.95. The largest absolute Gasteiger partial charge is 0.332 e. The smallest absolute Gasteiger partial charge is 0.292 e. The Bertz CT molecular complexity index is 1140. The van der Waals surface area contributed by atoms with E-state index in [1.54, 1.807) is 18.2 Å². The van der Waals surface area contributed by atoms with Crippen molar-refractivity contribution in [2.45, 2.75) is 4.90 Å². The molecule has 29 heavy (non-hydrogen) atoms. The maximum atomic E-state index is 12.4. The number of benzene rings is 2. The Hall–Kier alpha value is -3.64. The number of hydrogen-bond acceptors (Lipinski definition) is 7. The number of nitrogens with zero attached hydrogens (tertiary/aromatic N) is 3. The molecule has 0 radical (unpaired) electrons. The number of para-hydroxylation sites is 2. The van der Waals surface area contributed by atoms with Crippen LogP contribution in [0.25, 0.3) is 0 Å². The van der Waals surface area contributed by atoms with E-state index in [-0.39, 0.29) is 27.3 Å². The third-order valence-electron chi connectivity index (χ3n) is 3.56. The summed E-state index contributed by atoms with van der Waals surface area (Å²) in [5.74, 6) is -0.0375. The Labute approximate surface area is 171 Å². The van der Waals surface area contributed by atoms with Gasteiger partial charge < -0.3 is 10.6 Å². The Balaban J connectivity index is 1.68. The highest BCUT2D eigenvalue weighted by molar-refractivity contribution is 7.92. The molecule has 3 aromatic rings. The molecule has 0 saturated carbocycles. The molecule has 0 atom stereocenters. The van der Waals surface area contributed by atoms with Gasteiger partial charge in [-0.15, -0.1) is 0 Å². The Morgan fingerprint density at radius 3 is 2.28 bits per heavy atom. The molecule has 0 aliphatic carbocycles. The molecule has 12 heteroatoms. The van der Waals surface area contributed by atoms with Crippen molar-refractivity contribution < 1.29 is 13.3 Å². The fourth-order valence-corrected chi connectivity index (χ4v) is 3.46. The van der Waals surface area contributed by atoms with E-state index in [0.717, 1.165) is 0 Å². The second-order valence-corrected chi connectivity index (χ2v) is 7.65. The van der Waals surface area contributed by atoms with Crippen LogP contribution in [0.3, 0.4) is 0 Å². The van der Waals surface area contributed by atoms with Gasteiger partial charge in [0.05, 0.1) is 9.82 Å². The zero-order valence-electron chi connectivity index (χ0n) is 14.6. The topological polar surface area (TPSA) is 139 Å². The van der Waals surface area contributed by atoms with Crippen LogP contribution in [0.4, 0.5) is 23.0 Å². The van der Waals surface area contributed by atoms with Gasteiger partial charge in [0.15, 0.2) is 5.11 Å². The van der Waals surface area contributed by atoms with E-state index < -0.39 is 14.9 Å². The molecular formula is C17H14N6O4S2. The molecule has 0 spiro atoms. The lowest BCUT2D eigenvalue weighted by atomic mass is 10.3. The van der Waals surface area contributed by atoms with Gasteiger partial charge in [0, 0.05) is 24.1 Å². The van der Waals surface area contributed by atoms with Crippen molar-refractivity contribution >= 4 is 50.4 Å². The molecule has 0 aliphatic rings. The zero-order chi connectivity index (χ0) is 20.9. The molecular weight excluding hydrogens is 416 g/mol. The van der Waals surface area contributed by atoms with Crippen LogP contribution >= 0.6 is 12.2 Å². The molecule has 1 aromatic heterocycles. The van der Waals surface area contributed by atoms with Crippen molar-refractivity contribution in [3.63, 3.8) is 0 Å². The van der Waals surface area contributed by atoms with E-state index in [0.29, 0.717) is 5.69 Å². The lowest BCUT2D eigenvalue weighted by molar-refractivity contribution is -0.383. The average Bonchev–Trinajstić information content (AvgIpc) is 2.69. The van der Waals surface area contributed by atoms with Gasteiger partial charge >= 0.3 is 0 Å². The molecule has 2 aromatic carbocycles. The summed E-state index contributed by atoms with van der Waals surface area (Å²) in [6.45, 7) is 0. The maximum absolute atomic E-state index is 12.4. The molecule has 3 N–H and O–H groups in total. The number of sulfonamides is 1. The first-order valence-electron chi connectivity index (χ1n) is 8.06. The van der Waals surface area contributed by atoms with E-state index >= 15 is 0 Å². The van der Waals surface area contributed by atoms with Crippen LogP contribution in [-0.2, 0) is 10.0 Å². The van der Waals surface area contributed by atoms with Crippen LogP contribution in [0.5, 0.6) is 0 Å². The van der Waals surface area contributed by atoms with Crippen LogP contribution in [0.15, 0.2) is 71.9 Å². The first-order chi connectivity index (χ1) is 13.8. The van der Waals surface area contributed by atoms with E-state index in [9.17, 15) is 18.5 Å². The summed E-state index contributed by atoms with van der Waals surface area (Å²) in [5, 5.41) is 16.8. The van der Waals surface area contributed by atoms with Crippen molar-refractivity contribution in [1.82, 2.24) is 9.97 Å². The van der Waals surface area contributed by atoms with Gasteiger partial charge in [0.25, 0.3) is 15.7 Å². The van der Waals surface area contributed by atoms with E-state index in [2.05, 4.69) is 25.3 Å². The fourth-order valence-electron chi connectivity index (χ4n) is 2.27. The van der Waals surface area contributed by atoms with Crippen molar-refractivity contribution in [3.05, 3.63) is 77.1 Å². The van der Waals surface area contributed by atoms with Crippen molar-refractivity contribution in [3.8, 4) is 0 Å². The van der Waals surface area contributed by atoms with E-state index in [1.165, 1.54) is 48.8 Å². The van der Waals surface area contributed by atoms with Gasteiger partial charge in [0.1, 0.15) is 5.69 Å². The molecule has 1 heterocycles. The summed E-state index contributed by atoms with van der Waals surface area (Å²) in [4.78, 5) is 18.2. The molecule has 148 valence electrons. The molecule has 0 unspecified atom stereocenters. The normalized spacial score (nSPS) is 10.8. The maximum Gasteiger partial charge on any atom is 0.292 e. The highest BCUT2D eigenvalue weighted by Crippen LogP contribution is 2.23. The average molecular weight is 430 g/mol. The molecule has 0 aliphatic heterocycles. The van der Waals surface area contributed by atoms with Gasteiger partial charge in [-0.25, -0.2) is 23.1 Å². The lowest BCUT2D eigenvalue weighted by Gasteiger charge is -2.11. The van der Waals surface area contributed by atoms with Gasteiger partial charge in [-0.2, -0.15) is 0 Å². The lowest BCUT2D eigenvalue weighted by Crippen LogP contribution is -2.20. The minimum Gasteiger partial charge on any atom is -0.332 e. The summed E-state index contributed by atoms with van der Waals surface area (Å²) < 4.78 is 27.0. The predicted octanol–water partition coefficient (Wildman–Crippen LogP) is 2.99. The summed E-state index contributed by atoms with van der Waals surface area (Å²) in [5.41, 5.74) is 0.615. The van der Waals surface area contributed by atoms with Crippen LogP contribution < -0.4 is 15.4 Å². The molecule has 0 amide bonds. The summed E-state index contributed by atoms with van der Waals surface area (Å²) >= 11 is 5.17. The fraction of sp³-hybridized carbons (Fsp3) is 0. The monoisotopic (exact) mass is 430 g/mol. The van der Waals surface area contributed by atoms with Crippen LogP contribution in [0, 0.1) is 10.1 Å². The summed E-state index contributed by atoms with van der Waals surface area (Å²) in [6.07, 6.45) is 2.84. The first kappa shape index (κ1) is 20.1. The standard InChI is InChI=1S/C17H14N6O4S2/c24-23(25)15-5-2-1-4-14(15)21-17(28)20-12-6-8-13(9-7-12)29(26,27)22-16-18-10-3-11-19-16/h1-11H,(H,18,19,22)(H2,20,21,28). The van der Waals surface area contributed by atoms with Crippen LogP contribution in [0.1, 0.15) is 0 Å². The first-order valence-corrected chi connectivity index (χ1v) is 9.95. The number of hydrogen-bond donors (Lipinski definition) is 3. The second-order valence-electron chi connectivity index (χ2n) is 5.56. The number of nitro benzene ring substituents is 1. The van der Waals surface area contributed by atoms with Gasteiger partial charge in [-0.05, 0) is 48.6 Å². The van der Waals surface area contributed by atoms with Gasteiger partial charge in [-0.3, -0.25) is 10.1 Å². The van der Waals surface area contributed by atoms with Crippen molar-refractivity contribution in [2.24, 2.45) is 0 Å². The van der Waals surface area contributed by atoms with Gasteiger partial charge in [-0.1, -0.05) is 12.1 Å². The minimum atomic E-state index is -3.85. The molecule has 0 bridgehead atoms. The summed E-state index contributed by atoms with van der Waals surface area (Å²) in [7, 11) is -3.85. The predicted molar refractivity (Wildman–Crippen MR) is 112 cm³/mol. The highest BCUT2D eigenvalue weighted by Gasteiger charge is 2.16. The quantitative estimate of drug-likeness (QED) is 0.306. The van der Waals surface area contributed by atoms with Crippen LogP contribution in [-0.4, -0.2) is 28.4 Å². The van der Waals surface area contributed by atoms with E-state index in [4.69, 9.17) is 12.2 Å². The molecule has 0 saturated heterocycles. The van der Waals surface area contributed by atoms with E-state index in [1.807, 2.05) is 0 Å². The number of aromatic nitrogens is 2. The number of thiocarbonyl (C=S) groups is 1. The molecule has 10 nitrogen and oxygen atoms in total. The third kappa shape index (κ3) is 5.21. The highest BCUT2D eigenvalue weighted by atomic mass is 32.2. The number of rotatable bonds is 6. The van der Waals surface area contributed by atoms with Crippen molar-refractivity contribution in [2.75, 3.05) is 15.4 Å². The number of nitrogens with one attached hydrogen (secondary N) is 3. The molecule has 0 fully saturated rings. The van der Waals surface area contributed by atoms with Crippen molar-refractivity contribution in [1.29, 1.82) is 0 Å². The number of nitro groups is 1.